The van der Waals surface area contributed by atoms with E-state index in [1.54, 1.807) is 39.2 Å². The van der Waals surface area contributed by atoms with Crippen LogP contribution in [-0.4, -0.2) is 53.9 Å². The highest BCUT2D eigenvalue weighted by atomic mass is 16.3. The topological polar surface area (TPSA) is 60.9 Å². The second-order valence-corrected chi connectivity index (χ2v) is 4.12. The summed E-state index contributed by atoms with van der Waals surface area (Å²) in [5.74, 6) is -0.565. The Morgan fingerprint density at radius 3 is 2.33 bits per heavy atom. The third-order valence-electron chi connectivity index (χ3n) is 2.63. The fourth-order valence-electron chi connectivity index (χ4n) is 1.46. The van der Waals surface area contributed by atoms with Crippen molar-refractivity contribution in [3.05, 3.63) is 29.8 Å². The summed E-state index contributed by atoms with van der Waals surface area (Å²) < 4.78 is 0. The number of rotatable bonds is 4. The van der Waals surface area contributed by atoms with Crippen LogP contribution in [0.3, 0.4) is 0 Å². The third-order valence-corrected chi connectivity index (χ3v) is 2.63. The fourth-order valence-corrected chi connectivity index (χ4v) is 1.46. The van der Waals surface area contributed by atoms with Crippen LogP contribution in [-0.2, 0) is 4.79 Å². The molecule has 0 unspecified atom stereocenters. The fraction of sp³-hybridized carbons (Fsp3) is 0.385. The maximum absolute atomic E-state index is 12.2. The minimum Gasteiger partial charge on any atom is -0.507 e. The molecule has 1 N–H and O–H groups in total. The van der Waals surface area contributed by atoms with Crippen molar-refractivity contribution in [3.63, 3.8) is 0 Å². The van der Waals surface area contributed by atoms with E-state index in [2.05, 4.69) is 0 Å². The predicted octanol–water partition coefficient (Wildman–Crippen LogP) is 0.942. The van der Waals surface area contributed by atoms with Gasteiger partial charge in [-0.3, -0.25) is 9.59 Å². The van der Waals surface area contributed by atoms with E-state index in [0.717, 1.165) is 0 Å². The molecule has 0 bridgehead atoms. The molecule has 1 aromatic carbocycles. The maximum Gasteiger partial charge on any atom is 0.258 e. The van der Waals surface area contributed by atoms with Crippen LogP contribution in [0.4, 0.5) is 0 Å². The molecule has 5 heteroatoms. The molecular weight excluding hydrogens is 232 g/mol. The van der Waals surface area contributed by atoms with Crippen molar-refractivity contribution in [3.8, 4) is 5.75 Å². The molecule has 0 saturated carbocycles. The van der Waals surface area contributed by atoms with Crippen LogP contribution in [0.15, 0.2) is 24.3 Å². The summed E-state index contributed by atoms with van der Waals surface area (Å²) >= 11 is 0. The Morgan fingerprint density at radius 2 is 1.83 bits per heavy atom. The van der Waals surface area contributed by atoms with E-state index in [-0.39, 0.29) is 29.7 Å². The minimum atomic E-state index is -0.342. The molecule has 0 heterocycles. The molecule has 0 fully saturated rings. The number of phenols is 1. The average Bonchev–Trinajstić information content (AvgIpc) is 2.35. The van der Waals surface area contributed by atoms with Crippen molar-refractivity contribution in [2.24, 2.45) is 0 Å². The molecule has 1 rings (SSSR count). The molecule has 0 spiro atoms. The second-order valence-electron chi connectivity index (χ2n) is 4.12. The van der Waals surface area contributed by atoms with Crippen molar-refractivity contribution >= 4 is 11.8 Å². The number of phenolic OH excluding ortho intramolecular Hbond substituents is 1. The monoisotopic (exact) mass is 250 g/mol. The summed E-state index contributed by atoms with van der Waals surface area (Å²) in [5, 5.41) is 9.63. The molecule has 0 aliphatic heterocycles. The van der Waals surface area contributed by atoms with Gasteiger partial charge in [0.25, 0.3) is 5.91 Å². The van der Waals surface area contributed by atoms with E-state index < -0.39 is 0 Å². The number of likely N-dealkylation sites (N-methyl/N-ethyl adjacent to an activating group) is 2. The average molecular weight is 250 g/mol. The predicted molar refractivity (Wildman–Crippen MR) is 68.4 cm³/mol. The summed E-state index contributed by atoms with van der Waals surface area (Å²) in [6.07, 6.45) is 0. The van der Waals surface area contributed by atoms with E-state index in [0.29, 0.717) is 6.54 Å². The number of nitrogens with zero attached hydrogens (tertiary/aromatic N) is 2. The summed E-state index contributed by atoms with van der Waals surface area (Å²) in [4.78, 5) is 26.6. The lowest BCUT2D eigenvalue weighted by Gasteiger charge is -2.22. The highest BCUT2D eigenvalue weighted by molar-refractivity contribution is 5.98. The zero-order valence-electron chi connectivity index (χ0n) is 10.9. The first-order valence-electron chi connectivity index (χ1n) is 5.74. The molecule has 0 aliphatic rings. The van der Waals surface area contributed by atoms with Gasteiger partial charge >= 0.3 is 0 Å². The third kappa shape index (κ3) is 3.23. The minimum absolute atomic E-state index is 0.0106. The maximum atomic E-state index is 12.2. The molecule has 0 aromatic heterocycles. The van der Waals surface area contributed by atoms with Crippen LogP contribution in [0, 0.1) is 0 Å². The molecule has 0 saturated heterocycles. The lowest BCUT2D eigenvalue weighted by Crippen LogP contribution is -2.40. The first-order chi connectivity index (χ1) is 8.47. The quantitative estimate of drug-likeness (QED) is 0.865. The number of hydrogen-bond acceptors (Lipinski definition) is 3. The van der Waals surface area contributed by atoms with Crippen molar-refractivity contribution in [1.82, 2.24) is 9.80 Å². The molecular formula is C13H18N2O3. The Balaban J connectivity index is 2.87. The molecule has 0 radical (unpaired) electrons. The number of carbonyl (C=O) groups is 2. The van der Waals surface area contributed by atoms with Gasteiger partial charge in [0, 0.05) is 20.6 Å². The van der Waals surface area contributed by atoms with E-state index in [9.17, 15) is 14.7 Å². The SMILES string of the molecule is CCN(CC(=O)N(C)C)C(=O)c1ccccc1O. The molecule has 98 valence electrons. The van der Waals surface area contributed by atoms with E-state index in [4.69, 9.17) is 0 Å². The molecule has 2 amide bonds. The number of hydrogen-bond donors (Lipinski definition) is 1. The van der Waals surface area contributed by atoms with Crippen molar-refractivity contribution in [1.29, 1.82) is 0 Å². The van der Waals surface area contributed by atoms with Gasteiger partial charge in [-0.25, -0.2) is 0 Å². The summed E-state index contributed by atoms with van der Waals surface area (Å²) in [6, 6.07) is 6.32. The Labute approximate surface area is 107 Å². The number of carbonyl (C=O) groups excluding carboxylic acids is 2. The van der Waals surface area contributed by atoms with Crippen molar-refractivity contribution in [2.45, 2.75) is 6.92 Å². The van der Waals surface area contributed by atoms with Gasteiger partial charge < -0.3 is 14.9 Å². The van der Waals surface area contributed by atoms with Gasteiger partial charge in [0.2, 0.25) is 5.91 Å². The van der Waals surface area contributed by atoms with Gasteiger partial charge in [-0.05, 0) is 19.1 Å². The van der Waals surface area contributed by atoms with Crippen LogP contribution in [0.25, 0.3) is 0 Å². The van der Waals surface area contributed by atoms with Gasteiger partial charge in [0.05, 0.1) is 12.1 Å². The van der Waals surface area contributed by atoms with Crippen LogP contribution >= 0.6 is 0 Å². The number of amides is 2. The van der Waals surface area contributed by atoms with E-state index in [1.807, 2.05) is 0 Å². The van der Waals surface area contributed by atoms with Crippen molar-refractivity contribution in [2.75, 3.05) is 27.2 Å². The Kier molecular flexibility index (Phi) is 4.71. The lowest BCUT2D eigenvalue weighted by molar-refractivity contribution is -0.129. The highest BCUT2D eigenvalue weighted by Gasteiger charge is 2.20. The number of benzene rings is 1. The summed E-state index contributed by atoms with van der Waals surface area (Å²) in [7, 11) is 3.28. The van der Waals surface area contributed by atoms with Crippen LogP contribution in [0.5, 0.6) is 5.75 Å². The van der Waals surface area contributed by atoms with Crippen LogP contribution < -0.4 is 0 Å². The molecule has 1 aromatic rings. The normalized spacial score (nSPS) is 9.94. The molecule has 0 aliphatic carbocycles. The molecule has 18 heavy (non-hydrogen) atoms. The van der Waals surface area contributed by atoms with Gasteiger partial charge in [0.1, 0.15) is 5.75 Å². The smallest absolute Gasteiger partial charge is 0.258 e. The zero-order chi connectivity index (χ0) is 13.7. The zero-order valence-corrected chi connectivity index (χ0v) is 10.9. The van der Waals surface area contributed by atoms with E-state index >= 15 is 0 Å². The molecule has 5 nitrogen and oxygen atoms in total. The van der Waals surface area contributed by atoms with Gasteiger partial charge in [-0.2, -0.15) is 0 Å². The lowest BCUT2D eigenvalue weighted by atomic mass is 10.1. The van der Waals surface area contributed by atoms with Gasteiger partial charge in [-0.15, -0.1) is 0 Å². The first-order valence-corrected chi connectivity index (χ1v) is 5.74. The Morgan fingerprint density at radius 1 is 1.22 bits per heavy atom. The highest BCUT2D eigenvalue weighted by Crippen LogP contribution is 2.17. The first kappa shape index (κ1) is 14.0. The van der Waals surface area contributed by atoms with E-state index in [1.165, 1.54) is 15.9 Å². The summed E-state index contributed by atoms with van der Waals surface area (Å²) in [5.41, 5.74) is 0.214. The molecule has 0 atom stereocenters. The van der Waals surface area contributed by atoms with Crippen LogP contribution in [0.2, 0.25) is 0 Å². The number of aromatic hydroxyl groups is 1. The van der Waals surface area contributed by atoms with Crippen molar-refractivity contribution < 1.29 is 14.7 Å². The van der Waals surface area contributed by atoms with Crippen LogP contribution in [0.1, 0.15) is 17.3 Å². The standard InChI is InChI=1S/C13H18N2O3/c1-4-15(9-12(17)14(2)3)13(18)10-7-5-6-8-11(10)16/h5-8,16H,4,9H2,1-3H3. The summed E-state index contributed by atoms with van der Waals surface area (Å²) in [6.45, 7) is 2.21. The number of para-hydroxylation sites is 1. The van der Waals surface area contributed by atoms with Gasteiger partial charge in [-0.1, -0.05) is 12.1 Å². The second kappa shape index (κ2) is 6.05. The van der Waals surface area contributed by atoms with Gasteiger partial charge in [0.15, 0.2) is 0 Å². The Bertz CT molecular complexity index is 444. The Hall–Kier alpha value is -2.04. The largest absolute Gasteiger partial charge is 0.507 e.